The molecule has 2 N–H and O–H groups in total. The highest BCUT2D eigenvalue weighted by molar-refractivity contribution is 5.80. The molecular formula is C30H33N7O4. The molecule has 212 valence electrons. The molecule has 0 saturated heterocycles. The van der Waals surface area contributed by atoms with Gasteiger partial charge in [0.05, 0.1) is 18.5 Å². The highest BCUT2D eigenvalue weighted by atomic mass is 16.6. The number of fused-ring (bicyclic) bond motifs is 1. The summed E-state index contributed by atoms with van der Waals surface area (Å²) in [5.74, 6) is 0.205. The Morgan fingerprint density at radius 2 is 1.83 bits per heavy atom. The molecule has 11 heteroatoms. The van der Waals surface area contributed by atoms with Crippen LogP contribution in [0.15, 0.2) is 74.7 Å². The molecule has 0 fully saturated rings. The lowest BCUT2D eigenvalue weighted by Crippen LogP contribution is -2.30. The number of nitrogens with zero attached hydrogens (tertiary/aromatic N) is 5. The zero-order valence-electron chi connectivity index (χ0n) is 23.8. The fraction of sp³-hybridized carbons (Fsp3) is 0.300. The predicted octanol–water partition coefficient (Wildman–Crippen LogP) is 4.44. The maximum absolute atomic E-state index is 14.1. The molecule has 0 spiro atoms. The molecule has 0 aliphatic carbocycles. The number of hydroxylamine groups is 1. The molecule has 5 aromatic rings. The average Bonchev–Trinajstić information content (AvgIpc) is 3.61. The normalized spacial score (nSPS) is 12.3. The minimum atomic E-state index is -0.606. The SMILES string of the molecule is CCCc1c(Cc2ccc(-c3ccccc3-c3noc(=O)[nH]3)cc2)c(=O)n(/C=C(\NOC)C(C)(C)C)c2ncnn12. The minimum absolute atomic E-state index is 0.155. The second-order valence-corrected chi connectivity index (χ2v) is 10.8. The summed E-state index contributed by atoms with van der Waals surface area (Å²) in [7, 11) is 1.54. The van der Waals surface area contributed by atoms with Crippen LogP contribution in [-0.4, -0.2) is 36.4 Å². The number of aromatic amines is 1. The van der Waals surface area contributed by atoms with Crippen molar-refractivity contribution in [1.29, 1.82) is 0 Å². The monoisotopic (exact) mass is 555 g/mol. The van der Waals surface area contributed by atoms with E-state index in [0.717, 1.165) is 40.1 Å². The molecule has 5 rings (SSSR count). The van der Waals surface area contributed by atoms with E-state index in [1.807, 2.05) is 69.3 Å². The van der Waals surface area contributed by atoms with E-state index in [9.17, 15) is 9.59 Å². The van der Waals surface area contributed by atoms with Gasteiger partial charge in [-0.3, -0.25) is 24.6 Å². The van der Waals surface area contributed by atoms with Gasteiger partial charge < -0.3 is 0 Å². The van der Waals surface area contributed by atoms with Gasteiger partial charge >= 0.3 is 5.76 Å². The number of aromatic nitrogens is 6. The van der Waals surface area contributed by atoms with Gasteiger partial charge in [-0.2, -0.15) is 10.1 Å². The van der Waals surface area contributed by atoms with Crippen molar-refractivity contribution in [3.05, 3.63) is 98.3 Å². The number of aryl methyl sites for hydroxylation is 1. The largest absolute Gasteiger partial charge is 0.439 e. The van der Waals surface area contributed by atoms with Crippen molar-refractivity contribution in [1.82, 2.24) is 34.8 Å². The van der Waals surface area contributed by atoms with Gasteiger partial charge in [-0.05, 0) is 23.1 Å². The van der Waals surface area contributed by atoms with E-state index in [1.165, 1.54) is 18.0 Å². The van der Waals surface area contributed by atoms with Gasteiger partial charge in [-0.25, -0.2) is 13.9 Å². The molecule has 11 nitrogen and oxygen atoms in total. The predicted molar refractivity (Wildman–Crippen MR) is 156 cm³/mol. The zero-order valence-corrected chi connectivity index (χ0v) is 23.8. The lowest BCUT2D eigenvalue weighted by atomic mass is 9.93. The highest BCUT2D eigenvalue weighted by Gasteiger charge is 2.22. The molecule has 0 saturated carbocycles. The topological polar surface area (TPSA) is 132 Å². The summed E-state index contributed by atoms with van der Waals surface area (Å²) in [4.78, 5) is 37.8. The maximum Gasteiger partial charge on any atom is 0.439 e. The molecule has 0 radical (unpaired) electrons. The molecule has 0 aliphatic heterocycles. The van der Waals surface area contributed by atoms with Crippen molar-refractivity contribution in [2.24, 2.45) is 5.41 Å². The van der Waals surface area contributed by atoms with E-state index in [1.54, 1.807) is 10.7 Å². The minimum Gasteiger partial charge on any atom is -0.296 e. The quantitative estimate of drug-likeness (QED) is 0.255. The van der Waals surface area contributed by atoms with Crippen LogP contribution in [0.1, 0.15) is 50.9 Å². The molecule has 2 aromatic carbocycles. The highest BCUT2D eigenvalue weighted by Crippen LogP contribution is 2.30. The molecule has 3 aromatic heterocycles. The van der Waals surface area contributed by atoms with Crippen LogP contribution in [-0.2, 0) is 17.7 Å². The maximum atomic E-state index is 14.1. The van der Waals surface area contributed by atoms with E-state index < -0.39 is 5.76 Å². The van der Waals surface area contributed by atoms with Crippen LogP contribution < -0.4 is 16.8 Å². The number of benzene rings is 2. The van der Waals surface area contributed by atoms with Crippen molar-refractivity contribution in [3.63, 3.8) is 0 Å². The average molecular weight is 556 g/mol. The Hall–Kier alpha value is -4.77. The van der Waals surface area contributed by atoms with Crippen LogP contribution >= 0.6 is 0 Å². The van der Waals surface area contributed by atoms with Gasteiger partial charge in [0.15, 0.2) is 5.82 Å². The summed E-state index contributed by atoms with van der Waals surface area (Å²) >= 11 is 0. The standard InChI is InChI=1S/C30H33N7O4/c1-6-9-24-23(27(38)36(28-31-18-32-37(24)28)17-25(34-40-5)30(2,3)4)16-19-12-14-20(15-13-19)21-10-7-8-11-22(21)26-33-29(39)41-35-26/h7-8,10-15,17-18,34H,6,9,16H2,1-5H3,(H,33,35,39)/b25-17-. The summed E-state index contributed by atoms with van der Waals surface area (Å²) in [5, 5.41) is 8.32. The van der Waals surface area contributed by atoms with E-state index >= 15 is 0 Å². The smallest absolute Gasteiger partial charge is 0.296 e. The molecule has 41 heavy (non-hydrogen) atoms. The molecule has 3 heterocycles. The number of H-pyrrole nitrogens is 1. The first-order valence-corrected chi connectivity index (χ1v) is 13.4. The van der Waals surface area contributed by atoms with Gasteiger partial charge in [0, 0.05) is 29.2 Å². The third-order valence-corrected chi connectivity index (χ3v) is 6.86. The number of hydrogen-bond acceptors (Lipinski definition) is 8. The molecule has 0 aliphatic rings. The molecule has 0 amide bonds. The Kier molecular flexibility index (Phi) is 7.71. The molecule has 0 atom stereocenters. The van der Waals surface area contributed by atoms with Crippen molar-refractivity contribution >= 4 is 12.0 Å². The van der Waals surface area contributed by atoms with E-state index in [2.05, 4.69) is 32.6 Å². The molecule has 0 bridgehead atoms. The summed E-state index contributed by atoms with van der Waals surface area (Å²) < 4.78 is 8.00. The van der Waals surface area contributed by atoms with Gasteiger partial charge in [0.2, 0.25) is 5.78 Å². The summed E-state index contributed by atoms with van der Waals surface area (Å²) in [6.07, 6.45) is 5.15. The first-order chi connectivity index (χ1) is 19.7. The first-order valence-electron chi connectivity index (χ1n) is 13.4. The second kappa shape index (κ2) is 11.4. The van der Waals surface area contributed by atoms with Crippen molar-refractivity contribution in [3.8, 4) is 22.5 Å². The fourth-order valence-electron chi connectivity index (χ4n) is 4.77. The Balaban J connectivity index is 1.58. The van der Waals surface area contributed by atoms with Crippen molar-refractivity contribution in [2.75, 3.05) is 7.11 Å². The van der Waals surface area contributed by atoms with E-state index in [-0.39, 0.29) is 11.0 Å². The third kappa shape index (κ3) is 5.62. The number of allylic oxidation sites excluding steroid dienone is 1. The van der Waals surface area contributed by atoms with Gasteiger partial charge in [-0.15, -0.1) is 0 Å². The van der Waals surface area contributed by atoms with Crippen molar-refractivity contribution in [2.45, 2.75) is 47.0 Å². The Morgan fingerprint density at radius 1 is 1.10 bits per heavy atom. The van der Waals surface area contributed by atoms with Crippen LogP contribution in [0.25, 0.3) is 34.5 Å². The van der Waals surface area contributed by atoms with Gasteiger partial charge in [0.1, 0.15) is 6.33 Å². The second-order valence-electron chi connectivity index (χ2n) is 10.8. The van der Waals surface area contributed by atoms with Crippen LogP contribution in [0.4, 0.5) is 0 Å². The van der Waals surface area contributed by atoms with E-state index in [4.69, 9.17) is 9.36 Å². The lowest BCUT2D eigenvalue weighted by molar-refractivity contribution is 0.101. The van der Waals surface area contributed by atoms with E-state index in [0.29, 0.717) is 30.0 Å². The van der Waals surface area contributed by atoms with Crippen molar-refractivity contribution < 1.29 is 9.36 Å². The number of rotatable bonds is 9. The zero-order chi connectivity index (χ0) is 29.1. The Morgan fingerprint density at radius 3 is 2.46 bits per heavy atom. The summed E-state index contributed by atoms with van der Waals surface area (Å²) in [6.45, 7) is 8.17. The molecule has 0 unspecified atom stereocenters. The fourth-order valence-corrected chi connectivity index (χ4v) is 4.77. The van der Waals surface area contributed by atoms with Crippen LogP contribution in [0.5, 0.6) is 0 Å². The van der Waals surface area contributed by atoms with Crippen LogP contribution in [0.3, 0.4) is 0 Å². The number of hydrogen-bond donors (Lipinski definition) is 2. The summed E-state index contributed by atoms with van der Waals surface area (Å²) in [5.41, 5.74) is 8.22. The van der Waals surface area contributed by atoms with Crippen LogP contribution in [0.2, 0.25) is 0 Å². The summed E-state index contributed by atoms with van der Waals surface area (Å²) in [6, 6.07) is 15.6. The lowest BCUT2D eigenvalue weighted by Gasteiger charge is -2.23. The Bertz CT molecular complexity index is 1820. The van der Waals surface area contributed by atoms with Gasteiger partial charge in [0.25, 0.3) is 5.56 Å². The third-order valence-electron chi connectivity index (χ3n) is 6.86. The first kappa shape index (κ1) is 27.8. The number of nitrogens with one attached hydrogen (secondary N) is 2. The van der Waals surface area contributed by atoms with Gasteiger partial charge in [-0.1, -0.05) is 87.8 Å². The Labute approximate surface area is 236 Å². The van der Waals surface area contributed by atoms with Crippen LogP contribution in [0, 0.1) is 5.41 Å². The molecular weight excluding hydrogens is 522 g/mol.